The van der Waals surface area contributed by atoms with E-state index in [4.69, 9.17) is 18.3 Å². The molecule has 2 radical (unpaired) electrons. The molecule has 16 heavy (non-hydrogen) atoms. The average molecular weight is 217 g/mol. The van der Waals surface area contributed by atoms with Crippen molar-refractivity contribution in [2.24, 2.45) is 0 Å². The van der Waals surface area contributed by atoms with Gasteiger partial charge in [0.05, 0.1) is 5.72 Å². The number of ether oxygens (including phenoxy) is 1. The average Bonchev–Trinajstić information content (AvgIpc) is 2.80. The Morgan fingerprint density at radius 3 is 3.12 bits per heavy atom. The first-order valence-electron chi connectivity index (χ1n) is 5.36. The molecule has 6 nitrogen and oxygen atoms in total. The summed E-state index contributed by atoms with van der Waals surface area (Å²) in [5.41, 5.74) is 7.39. The molecule has 0 spiro atoms. The van der Waals surface area contributed by atoms with Crippen molar-refractivity contribution in [2.75, 3.05) is 12.3 Å². The number of nitrogens with two attached hydrogens (primary N) is 1. The Labute approximate surface area is 93.6 Å². The van der Waals surface area contributed by atoms with Crippen LogP contribution in [0.1, 0.15) is 25.5 Å². The molecule has 0 aliphatic carbocycles. The normalized spacial score (nSPS) is 21.6. The van der Waals surface area contributed by atoms with Gasteiger partial charge in [0.1, 0.15) is 12.0 Å². The second-order valence-corrected chi connectivity index (χ2v) is 3.97. The van der Waals surface area contributed by atoms with Gasteiger partial charge in [-0.15, -0.1) is 0 Å². The maximum Gasteiger partial charge on any atom is 0.185 e. The highest BCUT2D eigenvalue weighted by molar-refractivity contribution is 6.30. The minimum Gasteiger partial charge on any atom is -0.382 e. The molecule has 0 aromatic carbocycles. The Bertz CT molecular complexity index is 513. The zero-order valence-corrected chi connectivity index (χ0v) is 8.81. The zero-order valence-electron chi connectivity index (χ0n) is 8.81. The van der Waals surface area contributed by atoms with Crippen LogP contribution in [0.2, 0.25) is 0 Å². The molecule has 1 saturated heterocycles. The largest absolute Gasteiger partial charge is 0.382 e. The molecule has 1 aliphatic rings. The molecule has 2 aromatic rings. The van der Waals surface area contributed by atoms with Crippen LogP contribution in [0.15, 0.2) is 0 Å². The molecule has 0 amide bonds. The van der Waals surface area contributed by atoms with Crippen molar-refractivity contribution in [2.45, 2.75) is 25.5 Å². The third kappa shape index (κ3) is 1.31. The summed E-state index contributed by atoms with van der Waals surface area (Å²) in [5.74, 6) is 0.441. The molecule has 0 bridgehead atoms. The van der Waals surface area contributed by atoms with Crippen molar-refractivity contribution >= 4 is 30.6 Å². The van der Waals surface area contributed by atoms with E-state index in [1.165, 1.54) is 0 Å². The number of nitrogen functional groups attached to an aromatic ring is 1. The van der Waals surface area contributed by atoms with Crippen LogP contribution in [0.25, 0.3) is 11.2 Å². The van der Waals surface area contributed by atoms with Gasteiger partial charge >= 0.3 is 0 Å². The van der Waals surface area contributed by atoms with Gasteiger partial charge in [-0.25, -0.2) is 4.98 Å². The SMILES string of the molecule is [B]c1nc2c(N)[nH]nc2n1C1CCCCO1. The van der Waals surface area contributed by atoms with Gasteiger partial charge in [0, 0.05) is 6.61 Å². The van der Waals surface area contributed by atoms with E-state index in [-0.39, 0.29) is 6.23 Å². The molecule has 3 rings (SSSR count). The van der Waals surface area contributed by atoms with Crippen LogP contribution in [-0.2, 0) is 4.74 Å². The lowest BCUT2D eigenvalue weighted by Crippen LogP contribution is -2.28. The molecule has 0 saturated carbocycles. The highest BCUT2D eigenvalue weighted by atomic mass is 16.5. The van der Waals surface area contributed by atoms with Crippen molar-refractivity contribution in [3.63, 3.8) is 0 Å². The Hall–Kier alpha value is -1.50. The van der Waals surface area contributed by atoms with Gasteiger partial charge in [-0.3, -0.25) is 9.67 Å². The van der Waals surface area contributed by atoms with Crippen molar-refractivity contribution in [3.05, 3.63) is 0 Å². The van der Waals surface area contributed by atoms with E-state index in [0.29, 0.717) is 22.7 Å². The van der Waals surface area contributed by atoms with Crippen molar-refractivity contribution in [1.82, 2.24) is 19.7 Å². The van der Waals surface area contributed by atoms with Gasteiger partial charge in [0.15, 0.2) is 19.0 Å². The van der Waals surface area contributed by atoms with E-state index in [2.05, 4.69) is 15.2 Å². The van der Waals surface area contributed by atoms with E-state index in [1.54, 1.807) is 4.57 Å². The lowest BCUT2D eigenvalue weighted by molar-refractivity contribution is -0.0279. The van der Waals surface area contributed by atoms with Crippen LogP contribution in [0.4, 0.5) is 5.82 Å². The molecule has 3 heterocycles. The van der Waals surface area contributed by atoms with E-state index in [1.807, 2.05) is 0 Å². The van der Waals surface area contributed by atoms with Gasteiger partial charge in [-0.2, -0.15) is 5.10 Å². The summed E-state index contributed by atoms with van der Waals surface area (Å²) >= 11 is 0. The number of hydrogen-bond acceptors (Lipinski definition) is 4. The molecule has 1 aliphatic heterocycles. The number of rotatable bonds is 1. The molecule has 82 valence electrons. The molecule has 1 fully saturated rings. The molecular weight excluding hydrogens is 205 g/mol. The summed E-state index contributed by atoms with van der Waals surface area (Å²) in [4.78, 5) is 4.19. The lowest BCUT2D eigenvalue weighted by Gasteiger charge is -2.24. The van der Waals surface area contributed by atoms with E-state index in [9.17, 15) is 0 Å². The fourth-order valence-corrected chi connectivity index (χ4v) is 2.11. The summed E-state index contributed by atoms with van der Waals surface area (Å²) < 4.78 is 7.48. The van der Waals surface area contributed by atoms with E-state index < -0.39 is 0 Å². The van der Waals surface area contributed by atoms with Crippen molar-refractivity contribution in [3.8, 4) is 0 Å². The summed E-state index contributed by atoms with van der Waals surface area (Å²) in [6.07, 6.45) is 3.09. The first-order chi connectivity index (χ1) is 7.77. The first kappa shape index (κ1) is 9.71. The Kier molecular flexibility index (Phi) is 2.13. The summed E-state index contributed by atoms with van der Waals surface area (Å²) in [7, 11) is 5.86. The third-order valence-electron chi connectivity index (χ3n) is 2.89. The predicted molar refractivity (Wildman–Crippen MR) is 60.5 cm³/mol. The minimum absolute atomic E-state index is 0.0681. The van der Waals surface area contributed by atoms with Gasteiger partial charge in [-0.1, -0.05) is 0 Å². The molecule has 1 unspecified atom stereocenters. The number of nitrogens with one attached hydrogen (secondary N) is 1. The monoisotopic (exact) mass is 217 g/mol. The fraction of sp³-hybridized carbons (Fsp3) is 0.556. The van der Waals surface area contributed by atoms with Gasteiger partial charge in [0.2, 0.25) is 0 Å². The fourth-order valence-electron chi connectivity index (χ4n) is 2.11. The first-order valence-corrected chi connectivity index (χ1v) is 5.36. The van der Waals surface area contributed by atoms with E-state index >= 15 is 0 Å². The molecule has 3 N–H and O–H groups in total. The summed E-state index contributed by atoms with van der Waals surface area (Å²) in [6.45, 7) is 0.754. The van der Waals surface area contributed by atoms with Gasteiger partial charge in [-0.05, 0) is 19.3 Å². The highest BCUT2D eigenvalue weighted by Crippen LogP contribution is 2.25. The van der Waals surface area contributed by atoms with Crippen LogP contribution < -0.4 is 11.5 Å². The van der Waals surface area contributed by atoms with Crippen LogP contribution in [0.3, 0.4) is 0 Å². The number of anilines is 1. The second kappa shape index (κ2) is 3.52. The molecule has 2 aromatic heterocycles. The van der Waals surface area contributed by atoms with Crippen molar-refractivity contribution < 1.29 is 4.74 Å². The van der Waals surface area contributed by atoms with Crippen LogP contribution >= 0.6 is 0 Å². The number of fused-ring (bicyclic) bond motifs is 1. The quantitative estimate of drug-likeness (QED) is 0.650. The van der Waals surface area contributed by atoms with E-state index in [0.717, 1.165) is 25.9 Å². The number of H-pyrrole nitrogens is 1. The molecule has 1 atom stereocenters. The number of imidazole rings is 1. The number of nitrogens with zero attached hydrogens (tertiary/aromatic N) is 3. The zero-order chi connectivity index (χ0) is 11.1. The lowest BCUT2D eigenvalue weighted by atomic mass is 10.1. The van der Waals surface area contributed by atoms with Crippen LogP contribution in [-0.4, -0.2) is 34.2 Å². The van der Waals surface area contributed by atoms with Gasteiger partial charge < -0.3 is 10.5 Å². The topological polar surface area (TPSA) is 81.8 Å². The maximum atomic E-state index is 5.86. The molecule has 7 heteroatoms. The Morgan fingerprint density at radius 1 is 1.50 bits per heavy atom. The summed E-state index contributed by atoms with van der Waals surface area (Å²) in [5, 5.41) is 6.80. The predicted octanol–water partition coefficient (Wildman–Crippen LogP) is -0.166. The van der Waals surface area contributed by atoms with Crippen molar-refractivity contribution in [1.29, 1.82) is 0 Å². The Morgan fingerprint density at radius 2 is 2.38 bits per heavy atom. The van der Waals surface area contributed by atoms with Gasteiger partial charge in [0.25, 0.3) is 0 Å². The van der Waals surface area contributed by atoms with Crippen LogP contribution in [0, 0.1) is 0 Å². The van der Waals surface area contributed by atoms with Crippen LogP contribution in [0.5, 0.6) is 0 Å². The minimum atomic E-state index is -0.0681. The number of aromatic nitrogens is 4. The number of hydrogen-bond donors (Lipinski definition) is 2. The maximum absolute atomic E-state index is 5.86. The second-order valence-electron chi connectivity index (χ2n) is 3.97. The highest BCUT2D eigenvalue weighted by Gasteiger charge is 2.22. The third-order valence-corrected chi connectivity index (χ3v) is 2.89. The Balaban J connectivity index is 2.10. The molecular formula is C9H12BN5O. The smallest absolute Gasteiger partial charge is 0.185 e. The number of aromatic amines is 1. The standard InChI is InChI=1S/C9H12BN5O/c10-9-12-6-7(11)13-14-8(6)15(9)5-3-1-2-4-16-5/h5H,1-4H2,(H3,11,13,14). The summed E-state index contributed by atoms with van der Waals surface area (Å²) in [6, 6.07) is 0.